The molecule has 2 heterocycles. The lowest BCUT2D eigenvalue weighted by molar-refractivity contribution is -0.139. The van der Waals surface area contributed by atoms with Crippen LogP contribution in [0.25, 0.3) is 0 Å². The largest absolute Gasteiger partial charge is 0.474 e. The van der Waals surface area contributed by atoms with Crippen LogP contribution in [-0.2, 0) is 9.53 Å². The molecule has 0 saturated carbocycles. The first-order valence-corrected chi connectivity index (χ1v) is 7.02. The maximum Gasteiger partial charge on any atom is 0.255 e. The fourth-order valence-corrected chi connectivity index (χ4v) is 2.64. The SMILES string of the molecule is CC=CCCCCC1=C(C)C(=O)N2CCC[C@@H]2O1. The number of carbonyl (C=O) groups excluding carboxylic acids is 1. The number of ether oxygens (including phenoxy) is 1. The highest BCUT2D eigenvalue weighted by Crippen LogP contribution is 2.31. The number of fused-ring (bicyclic) bond motifs is 1. The normalized spacial score (nSPS) is 23.8. The van der Waals surface area contributed by atoms with E-state index < -0.39 is 0 Å². The van der Waals surface area contributed by atoms with Crippen LogP contribution in [0.15, 0.2) is 23.5 Å². The van der Waals surface area contributed by atoms with Crippen LogP contribution in [0.3, 0.4) is 0 Å². The molecule has 3 nitrogen and oxygen atoms in total. The van der Waals surface area contributed by atoms with E-state index in [-0.39, 0.29) is 12.1 Å². The molecule has 18 heavy (non-hydrogen) atoms. The minimum absolute atomic E-state index is 0.0201. The van der Waals surface area contributed by atoms with Gasteiger partial charge in [0, 0.05) is 19.4 Å². The Labute approximate surface area is 109 Å². The lowest BCUT2D eigenvalue weighted by Crippen LogP contribution is -2.41. The second kappa shape index (κ2) is 6.07. The first-order chi connectivity index (χ1) is 8.74. The summed E-state index contributed by atoms with van der Waals surface area (Å²) < 4.78 is 5.97. The molecule has 0 unspecified atom stereocenters. The van der Waals surface area contributed by atoms with Crippen LogP contribution >= 0.6 is 0 Å². The zero-order valence-corrected chi connectivity index (χ0v) is 11.4. The molecule has 2 aliphatic rings. The van der Waals surface area contributed by atoms with Crippen LogP contribution in [0.2, 0.25) is 0 Å². The van der Waals surface area contributed by atoms with Gasteiger partial charge in [-0.3, -0.25) is 4.79 Å². The van der Waals surface area contributed by atoms with Crippen molar-refractivity contribution in [2.45, 2.75) is 58.6 Å². The lowest BCUT2D eigenvalue weighted by Gasteiger charge is -2.32. The third-order valence-corrected chi connectivity index (χ3v) is 3.74. The third-order valence-electron chi connectivity index (χ3n) is 3.74. The molecule has 0 N–H and O–H groups in total. The number of amides is 1. The quantitative estimate of drug-likeness (QED) is 0.552. The molecule has 0 radical (unpaired) electrons. The molecule has 3 heteroatoms. The van der Waals surface area contributed by atoms with Crippen molar-refractivity contribution in [2.75, 3.05) is 6.54 Å². The minimum atomic E-state index is 0.0201. The molecule has 100 valence electrons. The van der Waals surface area contributed by atoms with Gasteiger partial charge in [0.1, 0.15) is 5.76 Å². The van der Waals surface area contributed by atoms with E-state index in [0.29, 0.717) is 0 Å². The van der Waals surface area contributed by atoms with Crippen LogP contribution in [0.5, 0.6) is 0 Å². The maximum atomic E-state index is 12.1. The van der Waals surface area contributed by atoms with E-state index in [4.69, 9.17) is 4.74 Å². The van der Waals surface area contributed by atoms with Gasteiger partial charge in [-0.05, 0) is 39.5 Å². The molecule has 0 aromatic rings. The van der Waals surface area contributed by atoms with Crippen molar-refractivity contribution in [1.29, 1.82) is 0 Å². The number of unbranched alkanes of at least 4 members (excludes halogenated alkanes) is 2. The van der Waals surface area contributed by atoms with E-state index in [0.717, 1.165) is 56.4 Å². The summed E-state index contributed by atoms with van der Waals surface area (Å²) in [4.78, 5) is 14.0. The first kappa shape index (κ1) is 13.2. The standard InChI is InChI=1S/C15H23NO2/c1-3-4-5-6-7-9-13-12(2)15(17)16-11-8-10-14(16)18-13/h3-4,14H,5-11H2,1-2H3/t14-/m0/s1. The van der Waals surface area contributed by atoms with Crippen LogP contribution in [0, 0.1) is 0 Å². The van der Waals surface area contributed by atoms with Crippen molar-refractivity contribution >= 4 is 5.91 Å². The predicted molar refractivity (Wildman–Crippen MR) is 71.8 cm³/mol. The van der Waals surface area contributed by atoms with Gasteiger partial charge in [0.2, 0.25) is 0 Å². The van der Waals surface area contributed by atoms with Crippen molar-refractivity contribution in [3.05, 3.63) is 23.5 Å². The maximum absolute atomic E-state index is 12.1. The fraction of sp³-hybridized carbons (Fsp3) is 0.667. The van der Waals surface area contributed by atoms with Gasteiger partial charge in [0.05, 0.1) is 5.57 Å². The Balaban J connectivity index is 1.89. The molecule has 2 aliphatic heterocycles. The Morgan fingerprint density at radius 1 is 1.44 bits per heavy atom. The van der Waals surface area contributed by atoms with Crippen LogP contribution < -0.4 is 0 Å². The summed E-state index contributed by atoms with van der Waals surface area (Å²) in [6.45, 7) is 4.80. The van der Waals surface area contributed by atoms with E-state index >= 15 is 0 Å². The van der Waals surface area contributed by atoms with Crippen molar-refractivity contribution < 1.29 is 9.53 Å². The van der Waals surface area contributed by atoms with E-state index in [2.05, 4.69) is 12.2 Å². The monoisotopic (exact) mass is 249 g/mol. The summed E-state index contributed by atoms with van der Waals surface area (Å²) in [5.41, 5.74) is 0.819. The molecule has 0 spiro atoms. The van der Waals surface area contributed by atoms with Gasteiger partial charge in [-0.15, -0.1) is 0 Å². The third kappa shape index (κ3) is 2.77. The van der Waals surface area contributed by atoms with Crippen molar-refractivity contribution in [3.63, 3.8) is 0 Å². The Morgan fingerprint density at radius 2 is 2.28 bits per heavy atom. The van der Waals surface area contributed by atoms with Crippen LogP contribution in [0.4, 0.5) is 0 Å². The van der Waals surface area contributed by atoms with Gasteiger partial charge < -0.3 is 9.64 Å². The summed E-state index contributed by atoms with van der Waals surface area (Å²) in [5, 5.41) is 0. The molecular formula is C15H23NO2. The van der Waals surface area contributed by atoms with Gasteiger partial charge in [0.25, 0.3) is 5.91 Å². The summed E-state index contributed by atoms with van der Waals surface area (Å²) in [5.74, 6) is 1.12. The second-order valence-electron chi connectivity index (χ2n) is 5.08. The highest BCUT2D eigenvalue weighted by atomic mass is 16.5. The Kier molecular flexibility index (Phi) is 4.45. The highest BCUT2D eigenvalue weighted by Gasteiger charge is 2.36. The van der Waals surface area contributed by atoms with Crippen molar-refractivity contribution in [3.8, 4) is 0 Å². The second-order valence-corrected chi connectivity index (χ2v) is 5.08. The van der Waals surface area contributed by atoms with Gasteiger partial charge in [-0.1, -0.05) is 12.2 Å². The number of rotatable bonds is 5. The predicted octanol–water partition coefficient (Wildman–Crippen LogP) is 3.38. The number of carbonyl (C=O) groups is 1. The van der Waals surface area contributed by atoms with Gasteiger partial charge in [-0.2, -0.15) is 0 Å². The number of hydrogen-bond donors (Lipinski definition) is 0. The topological polar surface area (TPSA) is 29.5 Å². The number of nitrogens with zero attached hydrogens (tertiary/aromatic N) is 1. The number of allylic oxidation sites excluding steroid dienone is 3. The van der Waals surface area contributed by atoms with Crippen LogP contribution in [0.1, 0.15) is 52.4 Å². The van der Waals surface area contributed by atoms with Crippen LogP contribution in [-0.4, -0.2) is 23.6 Å². The molecule has 1 amide bonds. The summed E-state index contributed by atoms with van der Waals surface area (Å²) in [6, 6.07) is 0. The molecule has 1 saturated heterocycles. The molecule has 0 aliphatic carbocycles. The highest BCUT2D eigenvalue weighted by molar-refractivity contribution is 5.94. The summed E-state index contributed by atoms with van der Waals surface area (Å²) in [7, 11) is 0. The average molecular weight is 249 g/mol. The number of hydrogen-bond acceptors (Lipinski definition) is 2. The lowest BCUT2D eigenvalue weighted by atomic mass is 10.1. The molecule has 0 aromatic heterocycles. The van der Waals surface area contributed by atoms with E-state index in [9.17, 15) is 4.79 Å². The molecule has 0 bridgehead atoms. The first-order valence-electron chi connectivity index (χ1n) is 7.02. The Hall–Kier alpha value is -1.25. The van der Waals surface area contributed by atoms with E-state index in [1.165, 1.54) is 0 Å². The Morgan fingerprint density at radius 3 is 3.06 bits per heavy atom. The molecule has 1 atom stereocenters. The fourth-order valence-electron chi connectivity index (χ4n) is 2.64. The van der Waals surface area contributed by atoms with Crippen molar-refractivity contribution in [1.82, 2.24) is 4.90 Å². The summed E-state index contributed by atoms with van der Waals surface area (Å²) >= 11 is 0. The molecular weight excluding hydrogens is 226 g/mol. The zero-order chi connectivity index (χ0) is 13.0. The smallest absolute Gasteiger partial charge is 0.255 e. The van der Waals surface area contributed by atoms with E-state index in [1.54, 1.807) is 0 Å². The minimum Gasteiger partial charge on any atom is -0.474 e. The Bertz CT molecular complexity index is 371. The van der Waals surface area contributed by atoms with E-state index in [1.807, 2.05) is 18.7 Å². The summed E-state index contributed by atoms with van der Waals surface area (Å²) in [6.07, 6.45) is 10.6. The zero-order valence-electron chi connectivity index (χ0n) is 11.4. The molecule has 0 aromatic carbocycles. The van der Waals surface area contributed by atoms with Gasteiger partial charge in [-0.25, -0.2) is 0 Å². The molecule has 2 rings (SSSR count). The van der Waals surface area contributed by atoms with Gasteiger partial charge >= 0.3 is 0 Å². The van der Waals surface area contributed by atoms with Crippen molar-refractivity contribution in [2.24, 2.45) is 0 Å². The average Bonchev–Trinajstić information content (AvgIpc) is 2.83. The molecule has 1 fully saturated rings. The van der Waals surface area contributed by atoms with Gasteiger partial charge in [0.15, 0.2) is 6.23 Å².